The van der Waals surface area contributed by atoms with Crippen molar-refractivity contribution in [1.82, 2.24) is 10.1 Å². The van der Waals surface area contributed by atoms with Gasteiger partial charge in [-0.15, -0.1) is 0 Å². The molecule has 1 aliphatic heterocycles. The average Bonchev–Trinajstić information content (AvgIpc) is 3.15. The standard InChI is InChI=1S/C19H16Cl2N2O4/c1-24-14-4-2-11-6-12(9-25-17(11)8-14)19-22-18(23-27-19)10-26-16-5-3-13(20)7-15(16)21/h2-5,7-8,12H,6,9-10H2,1H3. The molecule has 8 heteroatoms. The molecule has 0 saturated carbocycles. The van der Waals surface area contributed by atoms with E-state index in [4.69, 9.17) is 41.9 Å². The fourth-order valence-electron chi connectivity index (χ4n) is 2.86. The molecule has 1 atom stereocenters. The number of methoxy groups -OCH3 is 1. The zero-order valence-corrected chi connectivity index (χ0v) is 16.0. The molecule has 1 unspecified atom stereocenters. The maximum Gasteiger partial charge on any atom is 0.233 e. The molecule has 2 aromatic carbocycles. The van der Waals surface area contributed by atoms with Crippen molar-refractivity contribution >= 4 is 23.2 Å². The van der Waals surface area contributed by atoms with Crippen LogP contribution in [0.25, 0.3) is 0 Å². The number of fused-ring (bicyclic) bond motifs is 1. The summed E-state index contributed by atoms with van der Waals surface area (Å²) >= 11 is 12.0. The molecule has 1 aromatic heterocycles. The number of aromatic nitrogens is 2. The normalized spacial score (nSPS) is 15.7. The van der Waals surface area contributed by atoms with Crippen LogP contribution in [0.4, 0.5) is 0 Å². The van der Waals surface area contributed by atoms with Gasteiger partial charge < -0.3 is 18.7 Å². The lowest BCUT2D eigenvalue weighted by molar-refractivity contribution is 0.228. The average molecular weight is 407 g/mol. The summed E-state index contributed by atoms with van der Waals surface area (Å²) in [5.74, 6) is 3.06. The first-order valence-electron chi connectivity index (χ1n) is 8.32. The maximum atomic E-state index is 6.09. The Hall–Kier alpha value is -2.44. The summed E-state index contributed by atoms with van der Waals surface area (Å²) in [5, 5.41) is 4.96. The summed E-state index contributed by atoms with van der Waals surface area (Å²) in [6.07, 6.45) is 0.755. The fourth-order valence-corrected chi connectivity index (χ4v) is 3.33. The predicted octanol–water partition coefficient (Wildman–Crippen LogP) is 4.68. The van der Waals surface area contributed by atoms with E-state index in [1.54, 1.807) is 25.3 Å². The van der Waals surface area contributed by atoms with Crippen LogP contribution in [0.15, 0.2) is 40.9 Å². The second-order valence-electron chi connectivity index (χ2n) is 6.10. The minimum absolute atomic E-state index is 0.00809. The van der Waals surface area contributed by atoms with Gasteiger partial charge in [0.15, 0.2) is 6.61 Å². The molecule has 27 heavy (non-hydrogen) atoms. The Balaban J connectivity index is 1.42. The third-order valence-corrected chi connectivity index (χ3v) is 4.79. The zero-order valence-electron chi connectivity index (χ0n) is 14.4. The summed E-state index contributed by atoms with van der Waals surface area (Å²) in [6, 6.07) is 10.8. The van der Waals surface area contributed by atoms with Gasteiger partial charge in [-0.3, -0.25) is 0 Å². The molecular weight excluding hydrogens is 391 g/mol. The van der Waals surface area contributed by atoms with Gasteiger partial charge >= 0.3 is 0 Å². The molecule has 0 aliphatic carbocycles. The first-order valence-corrected chi connectivity index (χ1v) is 9.08. The Morgan fingerprint density at radius 3 is 2.89 bits per heavy atom. The van der Waals surface area contributed by atoms with E-state index < -0.39 is 0 Å². The highest BCUT2D eigenvalue weighted by atomic mass is 35.5. The van der Waals surface area contributed by atoms with Crippen LogP contribution in [0.3, 0.4) is 0 Å². The Labute approximate surface area is 165 Å². The van der Waals surface area contributed by atoms with E-state index >= 15 is 0 Å². The SMILES string of the molecule is COc1ccc2c(c1)OCC(c1nc(COc3ccc(Cl)cc3Cl)no1)C2. The Morgan fingerprint density at radius 2 is 2.07 bits per heavy atom. The lowest BCUT2D eigenvalue weighted by Gasteiger charge is -2.23. The largest absolute Gasteiger partial charge is 0.497 e. The van der Waals surface area contributed by atoms with Gasteiger partial charge in [0, 0.05) is 11.1 Å². The molecule has 0 amide bonds. The fraction of sp³-hybridized carbons (Fsp3) is 0.263. The molecule has 140 valence electrons. The number of rotatable bonds is 5. The minimum atomic E-state index is -0.00809. The monoisotopic (exact) mass is 406 g/mol. The highest BCUT2D eigenvalue weighted by Gasteiger charge is 2.26. The topological polar surface area (TPSA) is 66.6 Å². The van der Waals surface area contributed by atoms with Crippen molar-refractivity contribution in [3.63, 3.8) is 0 Å². The van der Waals surface area contributed by atoms with Crippen LogP contribution in [0, 0.1) is 0 Å². The Morgan fingerprint density at radius 1 is 1.19 bits per heavy atom. The van der Waals surface area contributed by atoms with Crippen LogP contribution in [0.2, 0.25) is 10.0 Å². The molecule has 6 nitrogen and oxygen atoms in total. The van der Waals surface area contributed by atoms with Crippen LogP contribution in [0.1, 0.15) is 23.2 Å². The quantitative estimate of drug-likeness (QED) is 0.612. The van der Waals surface area contributed by atoms with E-state index in [1.165, 1.54) is 0 Å². The smallest absolute Gasteiger partial charge is 0.233 e. The number of hydrogen-bond acceptors (Lipinski definition) is 6. The molecule has 0 fully saturated rings. The van der Waals surface area contributed by atoms with E-state index in [2.05, 4.69) is 10.1 Å². The molecule has 0 radical (unpaired) electrons. The molecular formula is C19H16Cl2N2O4. The summed E-state index contributed by atoms with van der Waals surface area (Å²) < 4.78 is 22.1. The molecule has 0 bridgehead atoms. The number of hydrogen-bond donors (Lipinski definition) is 0. The number of ether oxygens (including phenoxy) is 3. The van der Waals surface area contributed by atoms with Gasteiger partial charge in [-0.1, -0.05) is 34.4 Å². The minimum Gasteiger partial charge on any atom is -0.497 e. The number of nitrogens with zero attached hydrogens (tertiary/aromatic N) is 2. The number of halogens is 2. The van der Waals surface area contributed by atoms with Crippen LogP contribution in [-0.4, -0.2) is 23.9 Å². The first-order chi connectivity index (χ1) is 13.1. The second kappa shape index (κ2) is 7.66. The van der Waals surface area contributed by atoms with Gasteiger partial charge in [0.25, 0.3) is 0 Å². The van der Waals surface area contributed by atoms with E-state index in [0.717, 1.165) is 23.5 Å². The van der Waals surface area contributed by atoms with Crippen molar-refractivity contribution in [2.24, 2.45) is 0 Å². The second-order valence-corrected chi connectivity index (χ2v) is 6.94. The third-order valence-electron chi connectivity index (χ3n) is 4.26. The highest BCUT2D eigenvalue weighted by molar-refractivity contribution is 6.35. The highest BCUT2D eigenvalue weighted by Crippen LogP contribution is 2.34. The van der Waals surface area contributed by atoms with Crippen LogP contribution in [-0.2, 0) is 13.0 Å². The molecule has 0 N–H and O–H groups in total. The van der Waals surface area contributed by atoms with Crippen molar-refractivity contribution in [1.29, 1.82) is 0 Å². The van der Waals surface area contributed by atoms with Crippen LogP contribution in [0.5, 0.6) is 17.2 Å². The predicted molar refractivity (Wildman–Crippen MR) is 100 cm³/mol. The Kier molecular flexibility index (Phi) is 5.09. The maximum absolute atomic E-state index is 6.09. The van der Waals surface area contributed by atoms with E-state index in [0.29, 0.717) is 34.1 Å². The van der Waals surface area contributed by atoms with Gasteiger partial charge in [-0.05, 0) is 36.2 Å². The van der Waals surface area contributed by atoms with Crippen molar-refractivity contribution in [2.75, 3.05) is 13.7 Å². The third kappa shape index (κ3) is 3.96. The van der Waals surface area contributed by atoms with Crippen molar-refractivity contribution in [2.45, 2.75) is 18.9 Å². The van der Waals surface area contributed by atoms with Gasteiger partial charge in [0.05, 0.1) is 18.1 Å². The van der Waals surface area contributed by atoms with E-state index in [-0.39, 0.29) is 12.5 Å². The van der Waals surface area contributed by atoms with Crippen LogP contribution >= 0.6 is 23.2 Å². The zero-order chi connectivity index (χ0) is 18.8. The lowest BCUT2D eigenvalue weighted by atomic mass is 9.96. The summed E-state index contributed by atoms with van der Waals surface area (Å²) in [6.45, 7) is 0.609. The molecule has 0 spiro atoms. The molecule has 3 aromatic rings. The summed E-state index contributed by atoms with van der Waals surface area (Å²) in [4.78, 5) is 4.43. The molecule has 1 aliphatic rings. The van der Waals surface area contributed by atoms with E-state index in [1.807, 2.05) is 18.2 Å². The van der Waals surface area contributed by atoms with Crippen LogP contribution < -0.4 is 14.2 Å². The molecule has 2 heterocycles. The molecule has 4 rings (SSSR count). The van der Waals surface area contributed by atoms with E-state index in [9.17, 15) is 0 Å². The Bertz CT molecular complexity index is 961. The van der Waals surface area contributed by atoms with Crippen molar-refractivity contribution in [3.05, 3.63) is 63.7 Å². The lowest BCUT2D eigenvalue weighted by Crippen LogP contribution is -2.19. The molecule has 0 saturated heterocycles. The van der Waals surface area contributed by atoms with Crippen molar-refractivity contribution in [3.8, 4) is 17.2 Å². The summed E-state index contributed by atoms with van der Waals surface area (Å²) in [5.41, 5.74) is 1.08. The van der Waals surface area contributed by atoms with Gasteiger partial charge in [0.2, 0.25) is 11.7 Å². The van der Waals surface area contributed by atoms with Gasteiger partial charge in [-0.2, -0.15) is 4.98 Å². The van der Waals surface area contributed by atoms with Gasteiger partial charge in [-0.25, -0.2) is 0 Å². The number of benzene rings is 2. The van der Waals surface area contributed by atoms with Gasteiger partial charge in [0.1, 0.15) is 23.9 Å². The summed E-state index contributed by atoms with van der Waals surface area (Å²) in [7, 11) is 1.63. The van der Waals surface area contributed by atoms with Crippen molar-refractivity contribution < 1.29 is 18.7 Å². The first kappa shape index (κ1) is 17.9.